The van der Waals surface area contributed by atoms with Crippen LogP contribution in [-0.4, -0.2) is 51.9 Å². The van der Waals surface area contributed by atoms with Crippen molar-refractivity contribution in [3.05, 3.63) is 64.0 Å². The Hall–Kier alpha value is -2.71. The van der Waals surface area contributed by atoms with E-state index in [0.717, 1.165) is 72.8 Å². The smallest absolute Gasteiger partial charge is 0.338 e. The lowest BCUT2D eigenvalue weighted by molar-refractivity contribution is -0.0589. The third-order valence-electron chi connectivity index (χ3n) is 6.35. The Balaban J connectivity index is 1.40. The molecule has 1 saturated heterocycles. The second-order valence-corrected chi connectivity index (χ2v) is 11.0. The number of aromatic nitrogens is 3. The van der Waals surface area contributed by atoms with Gasteiger partial charge in [0, 0.05) is 26.1 Å². The van der Waals surface area contributed by atoms with E-state index in [-0.39, 0.29) is 12.1 Å². The van der Waals surface area contributed by atoms with Gasteiger partial charge in [0.1, 0.15) is 21.8 Å². The van der Waals surface area contributed by atoms with Gasteiger partial charge >= 0.3 is 5.97 Å². The maximum Gasteiger partial charge on any atom is 0.338 e. The van der Waals surface area contributed by atoms with Gasteiger partial charge in [0.15, 0.2) is 0 Å². The van der Waals surface area contributed by atoms with Crippen molar-refractivity contribution in [2.45, 2.75) is 58.3 Å². The van der Waals surface area contributed by atoms with Gasteiger partial charge in [-0.15, -0.1) is 0 Å². The van der Waals surface area contributed by atoms with Gasteiger partial charge in [-0.1, -0.05) is 17.7 Å². The van der Waals surface area contributed by atoms with Gasteiger partial charge < -0.3 is 18.9 Å². The highest BCUT2D eigenvalue weighted by molar-refractivity contribution is 9.10. The number of nitrogens with zero attached hydrogens (tertiary/aromatic N) is 4. The number of hydrogen-bond acceptors (Lipinski definition) is 6. The molecule has 7 nitrogen and oxygen atoms in total. The van der Waals surface area contributed by atoms with Gasteiger partial charge in [0.05, 0.1) is 29.2 Å². The summed E-state index contributed by atoms with van der Waals surface area (Å²) in [6.07, 6.45) is 5.27. The number of halogens is 1. The van der Waals surface area contributed by atoms with Crippen molar-refractivity contribution in [2.75, 3.05) is 24.6 Å². The second-order valence-electron chi connectivity index (χ2n) is 10.2. The summed E-state index contributed by atoms with van der Waals surface area (Å²) in [6, 6.07) is 11.6. The first-order valence-corrected chi connectivity index (χ1v) is 12.9. The predicted molar refractivity (Wildman–Crippen MR) is 140 cm³/mol. The Labute approximate surface area is 214 Å². The molecule has 0 spiro atoms. The molecular weight excluding hydrogens is 508 g/mol. The van der Waals surface area contributed by atoms with Crippen LogP contribution in [0.3, 0.4) is 0 Å². The minimum absolute atomic E-state index is 0.190. The first-order valence-electron chi connectivity index (χ1n) is 12.1. The molecule has 0 unspecified atom stereocenters. The Morgan fingerprint density at radius 2 is 2.06 bits per heavy atom. The highest BCUT2D eigenvalue weighted by Crippen LogP contribution is 2.27. The minimum Gasteiger partial charge on any atom is -0.456 e. The standard InChI is InChI=1S/C27H31BrN4O3/c1-27(2,3)35-26(33)19-7-8-21-22(16-19)32(17-20-11-14-34-20)25(29-21)15-18-9-12-31(13-10-18)24-6-4-5-23(28)30-24/h4-9,16,20H,10-15,17H2,1-3H3/t20-/m0/s1. The molecule has 0 bridgehead atoms. The summed E-state index contributed by atoms with van der Waals surface area (Å²) < 4.78 is 14.4. The van der Waals surface area contributed by atoms with Crippen LogP contribution in [0, 0.1) is 0 Å². The number of carbonyl (C=O) groups excluding carboxylic acids is 1. The molecule has 5 rings (SSSR count). The van der Waals surface area contributed by atoms with Crippen molar-refractivity contribution in [1.29, 1.82) is 0 Å². The van der Waals surface area contributed by atoms with Crippen LogP contribution >= 0.6 is 15.9 Å². The average molecular weight is 539 g/mol. The quantitative estimate of drug-likeness (QED) is 0.240. The Kier molecular flexibility index (Phi) is 6.68. The third-order valence-corrected chi connectivity index (χ3v) is 6.80. The first kappa shape index (κ1) is 24.0. The van der Waals surface area contributed by atoms with Crippen molar-refractivity contribution < 1.29 is 14.3 Å². The number of carbonyl (C=O) groups is 1. The van der Waals surface area contributed by atoms with E-state index in [4.69, 9.17) is 14.5 Å². The van der Waals surface area contributed by atoms with Crippen LogP contribution in [0.4, 0.5) is 5.82 Å². The number of fused-ring (bicyclic) bond motifs is 1. The van der Waals surface area contributed by atoms with Crippen molar-refractivity contribution in [1.82, 2.24) is 14.5 Å². The zero-order valence-electron chi connectivity index (χ0n) is 20.5. The molecule has 0 saturated carbocycles. The fourth-order valence-electron chi connectivity index (χ4n) is 4.46. The fourth-order valence-corrected chi connectivity index (χ4v) is 4.80. The lowest BCUT2D eigenvalue weighted by atomic mass is 10.0. The van der Waals surface area contributed by atoms with Crippen LogP contribution < -0.4 is 4.90 Å². The molecule has 2 aliphatic heterocycles. The molecule has 184 valence electrons. The summed E-state index contributed by atoms with van der Waals surface area (Å²) in [7, 11) is 0. The van der Waals surface area contributed by atoms with E-state index < -0.39 is 5.60 Å². The van der Waals surface area contributed by atoms with Gasteiger partial charge in [-0.3, -0.25) is 0 Å². The molecule has 2 aliphatic rings. The van der Waals surface area contributed by atoms with Crippen LogP contribution in [0.2, 0.25) is 0 Å². The van der Waals surface area contributed by atoms with Gasteiger partial charge in [-0.25, -0.2) is 14.8 Å². The lowest BCUT2D eigenvalue weighted by Gasteiger charge is -2.29. The summed E-state index contributed by atoms with van der Waals surface area (Å²) in [6.45, 7) is 8.94. The highest BCUT2D eigenvalue weighted by atomic mass is 79.9. The fraction of sp³-hybridized carbons (Fsp3) is 0.444. The number of ether oxygens (including phenoxy) is 2. The SMILES string of the molecule is CC(C)(C)OC(=O)c1ccc2nc(CC3=CCN(c4cccc(Br)n4)CC3)n(C[C@@H]3CCO3)c2c1. The summed E-state index contributed by atoms with van der Waals surface area (Å²) in [5.41, 5.74) is 3.22. The van der Waals surface area contributed by atoms with E-state index >= 15 is 0 Å². The van der Waals surface area contributed by atoms with Crippen LogP contribution in [0.15, 0.2) is 52.7 Å². The van der Waals surface area contributed by atoms with E-state index in [1.54, 1.807) is 6.07 Å². The predicted octanol–water partition coefficient (Wildman–Crippen LogP) is 5.32. The maximum absolute atomic E-state index is 12.7. The maximum atomic E-state index is 12.7. The zero-order chi connectivity index (χ0) is 24.6. The largest absolute Gasteiger partial charge is 0.456 e. The number of imidazole rings is 1. The van der Waals surface area contributed by atoms with Crippen LogP contribution in [0.25, 0.3) is 11.0 Å². The first-order chi connectivity index (χ1) is 16.7. The summed E-state index contributed by atoms with van der Waals surface area (Å²) in [5.74, 6) is 1.68. The Bertz CT molecular complexity index is 1270. The van der Waals surface area contributed by atoms with Gasteiger partial charge in [0.2, 0.25) is 0 Å². The van der Waals surface area contributed by atoms with Crippen LogP contribution in [-0.2, 0) is 22.4 Å². The number of esters is 1. The van der Waals surface area contributed by atoms with Gasteiger partial charge in [-0.05, 0) is 79.9 Å². The molecule has 3 aromatic rings. The number of pyridine rings is 1. The third kappa shape index (κ3) is 5.59. The molecule has 35 heavy (non-hydrogen) atoms. The molecule has 1 atom stereocenters. The molecule has 4 heterocycles. The van der Waals surface area contributed by atoms with E-state index in [1.165, 1.54) is 5.57 Å². The van der Waals surface area contributed by atoms with Gasteiger partial charge in [0.25, 0.3) is 0 Å². The average Bonchev–Trinajstić information content (AvgIpc) is 3.11. The molecule has 2 aromatic heterocycles. The summed E-state index contributed by atoms with van der Waals surface area (Å²) in [4.78, 5) is 24.5. The molecular formula is C27H31BrN4O3. The van der Waals surface area contributed by atoms with Crippen LogP contribution in [0.5, 0.6) is 0 Å². The Morgan fingerprint density at radius 3 is 2.71 bits per heavy atom. The van der Waals surface area contributed by atoms with E-state index in [0.29, 0.717) is 5.56 Å². The molecule has 0 N–H and O–H groups in total. The second kappa shape index (κ2) is 9.74. The van der Waals surface area contributed by atoms with Crippen molar-refractivity contribution in [3.8, 4) is 0 Å². The van der Waals surface area contributed by atoms with E-state index in [1.807, 2.05) is 51.1 Å². The van der Waals surface area contributed by atoms with Gasteiger partial charge in [-0.2, -0.15) is 0 Å². The minimum atomic E-state index is -0.538. The zero-order valence-corrected chi connectivity index (χ0v) is 22.0. The molecule has 1 aromatic carbocycles. The lowest BCUT2D eigenvalue weighted by Crippen LogP contribution is -2.32. The topological polar surface area (TPSA) is 69.5 Å². The Morgan fingerprint density at radius 1 is 1.23 bits per heavy atom. The molecule has 0 amide bonds. The number of rotatable bonds is 6. The number of anilines is 1. The monoisotopic (exact) mass is 538 g/mol. The summed E-state index contributed by atoms with van der Waals surface area (Å²) >= 11 is 3.46. The van der Waals surface area contributed by atoms with E-state index in [9.17, 15) is 4.79 Å². The van der Waals surface area contributed by atoms with Crippen molar-refractivity contribution in [2.24, 2.45) is 0 Å². The molecule has 1 fully saturated rings. The van der Waals surface area contributed by atoms with Crippen molar-refractivity contribution in [3.63, 3.8) is 0 Å². The molecule has 0 radical (unpaired) electrons. The number of benzene rings is 1. The normalized spacial score (nSPS) is 18.3. The highest BCUT2D eigenvalue weighted by Gasteiger charge is 2.24. The molecule has 8 heteroatoms. The van der Waals surface area contributed by atoms with Crippen molar-refractivity contribution >= 4 is 38.8 Å². The summed E-state index contributed by atoms with van der Waals surface area (Å²) in [5, 5.41) is 0. The van der Waals surface area contributed by atoms with Crippen LogP contribution in [0.1, 0.15) is 49.8 Å². The molecule has 0 aliphatic carbocycles. The van der Waals surface area contributed by atoms with E-state index in [2.05, 4.69) is 36.5 Å². The number of hydrogen-bond donors (Lipinski definition) is 0.